The topological polar surface area (TPSA) is 68.5 Å². The van der Waals surface area contributed by atoms with Crippen LogP contribution in [0.25, 0.3) is 0 Å². The lowest BCUT2D eigenvalue weighted by molar-refractivity contribution is 0.0627. The predicted molar refractivity (Wildman–Crippen MR) is 65.1 cm³/mol. The molecular formula is C13H17NO4. The summed E-state index contributed by atoms with van der Waals surface area (Å²) < 4.78 is 7.06. The first-order chi connectivity index (χ1) is 8.54. The maximum Gasteiger partial charge on any atom is 0.352 e. The molecule has 1 saturated carbocycles. The number of carbonyl (C=O) groups excluding carboxylic acids is 1. The van der Waals surface area contributed by atoms with Crippen LogP contribution in [-0.2, 0) is 4.74 Å². The number of hydrogen-bond donors (Lipinski definition) is 1. The number of carbonyl (C=O) groups is 2. The molecule has 2 unspecified atom stereocenters. The molecule has 1 aliphatic carbocycles. The van der Waals surface area contributed by atoms with E-state index in [1.807, 2.05) is 0 Å². The van der Waals surface area contributed by atoms with Crippen LogP contribution in [0.1, 0.15) is 53.1 Å². The second kappa shape index (κ2) is 4.94. The predicted octanol–water partition coefficient (Wildman–Crippen LogP) is 2.13. The molecule has 98 valence electrons. The summed E-state index contributed by atoms with van der Waals surface area (Å²) in [5, 5.41) is 9.21. The van der Waals surface area contributed by atoms with Gasteiger partial charge < -0.3 is 14.4 Å². The molecule has 1 N–H and O–H groups in total. The van der Waals surface area contributed by atoms with E-state index in [4.69, 9.17) is 4.74 Å². The zero-order valence-corrected chi connectivity index (χ0v) is 10.5. The molecule has 1 aromatic heterocycles. The van der Waals surface area contributed by atoms with Crippen molar-refractivity contribution in [2.24, 2.45) is 0 Å². The maximum atomic E-state index is 11.4. The third kappa shape index (κ3) is 2.18. The van der Waals surface area contributed by atoms with Crippen LogP contribution in [0, 0.1) is 0 Å². The van der Waals surface area contributed by atoms with E-state index >= 15 is 0 Å². The first-order valence-electron chi connectivity index (χ1n) is 6.03. The van der Waals surface area contributed by atoms with Crippen molar-refractivity contribution in [3.63, 3.8) is 0 Å². The van der Waals surface area contributed by atoms with Crippen molar-refractivity contribution in [2.45, 2.75) is 38.3 Å². The van der Waals surface area contributed by atoms with Crippen LogP contribution in [0.4, 0.5) is 0 Å². The summed E-state index contributed by atoms with van der Waals surface area (Å²) >= 11 is 0. The number of ether oxygens (including phenoxy) is 1. The fraction of sp³-hybridized carbons (Fsp3) is 0.538. The minimum atomic E-state index is -1.01. The van der Waals surface area contributed by atoms with Gasteiger partial charge in [0.2, 0.25) is 0 Å². The van der Waals surface area contributed by atoms with Crippen molar-refractivity contribution >= 4 is 11.8 Å². The standard InChI is InChI=1S/C13H17NO4/c1-8(15)9-6-11(13(16)17)14(7-9)10-4-3-5-12(10)18-2/h6-7,10,12H,3-5H2,1-2H3,(H,16,17). The van der Waals surface area contributed by atoms with E-state index in [-0.39, 0.29) is 23.6 Å². The van der Waals surface area contributed by atoms with Gasteiger partial charge in [-0.2, -0.15) is 0 Å². The molecule has 5 heteroatoms. The molecule has 1 aliphatic rings. The summed E-state index contributed by atoms with van der Waals surface area (Å²) in [7, 11) is 1.64. The number of rotatable bonds is 4. The third-order valence-corrected chi connectivity index (χ3v) is 3.55. The lowest BCUT2D eigenvalue weighted by Crippen LogP contribution is -2.23. The van der Waals surface area contributed by atoms with E-state index in [9.17, 15) is 14.7 Å². The minimum Gasteiger partial charge on any atom is -0.477 e. The summed E-state index contributed by atoms with van der Waals surface area (Å²) in [4.78, 5) is 22.6. The Hall–Kier alpha value is -1.62. The van der Waals surface area contributed by atoms with Crippen LogP contribution in [0.2, 0.25) is 0 Å². The Morgan fingerprint density at radius 3 is 2.72 bits per heavy atom. The number of nitrogens with zero attached hydrogens (tertiary/aromatic N) is 1. The summed E-state index contributed by atoms with van der Waals surface area (Å²) in [6, 6.07) is 1.45. The molecule has 5 nitrogen and oxygen atoms in total. The highest BCUT2D eigenvalue weighted by Crippen LogP contribution is 2.34. The molecular weight excluding hydrogens is 234 g/mol. The van der Waals surface area contributed by atoms with E-state index in [0.29, 0.717) is 5.56 Å². The number of hydrogen-bond acceptors (Lipinski definition) is 3. The van der Waals surface area contributed by atoms with Crippen LogP contribution in [-0.4, -0.2) is 34.6 Å². The molecule has 18 heavy (non-hydrogen) atoms. The highest BCUT2D eigenvalue weighted by Gasteiger charge is 2.31. The van der Waals surface area contributed by atoms with E-state index in [0.717, 1.165) is 19.3 Å². The minimum absolute atomic E-state index is 0.00852. The lowest BCUT2D eigenvalue weighted by Gasteiger charge is -2.21. The zero-order valence-electron chi connectivity index (χ0n) is 10.5. The SMILES string of the molecule is COC1CCCC1n1cc(C(C)=O)cc1C(=O)O. The number of carboxylic acids is 1. The van der Waals surface area contributed by atoms with E-state index in [2.05, 4.69) is 0 Å². The molecule has 0 aliphatic heterocycles. The van der Waals surface area contributed by atoms with Gasteiger partial charge in [0.1, 0.15) is 5.69 Å². The molecule has 0 spiro atoms. The maximum absolute atomic E-state index is 11.4. The van der Waals surface area contributed by atoms with Gasteiger partial charge in [-0.1, -0.05) is 0 Å². The van der Waals surface area contributed by atoms with Gasteiger partial charge in [-0.05, 0) is 32.3 Å². The van der Waals surface area contributed by atoms with Crippen molar-refractivity contribution in [1.82, 2.24) is 4.57 Å². The summed E-state index contributed by atoms with van der Waals surface area (Å²) in [5.74, 6) is -1.13. The van der Waals surface area contributed by atoms with E-state index in [1.165, 1.54) is 13.0 Å². The fourth-order valence-corrected chi connectivity index (χ4v) is 2.62. The highest BCUT2D eigenvalue weighted by atomic mass is 16.5. The third-order valence-electron chi connectivity index (χ3n) is 3.55. The van der Waals surface area contributed by atoms with Crippen molar-refractivity contribution in [2.75, 3.05) is 7.11 Å². The first kappa shape index (κ1) is 12.8. The second-order valence-corrected chi connectivity index (χ2v) is 4.66. The Morgan fingerprint density at radius 2 is 2.17 bits per heavy atom. The molecule has 1 aromatic rings. The van der Waals surface area contributed by atoms with Gasteiger partial charge in [0, 0.05) is 18.9 Å². The van der Waals surface area contributed by atoms with Gasteiger partial charge in [-0.15, -0.1) is 0 Å². The van der Waals surface area contributed by atoms with Gasteiger partial charge in [0.25, 0.3) is 0 Å². The summed E-state index contributed by atoms with van der Waals surface area (Å²) in [6.07, 6.45) is 4.47. The molecule has 0 aromatic carbocycles. The highest BCUT2D eigenvalue weighted by molar-refractivity contribution is 5.97. The average Bonchev–Trinajstić information content (AvgIpc) is 2.94. The van der Waals surface area contributed by atoms with Crippen molar-refractivity contribution in [3.05, 3.63) is 23.5 Å². The van der Waals surface area contributed by atoms with Gasteiger partial charge in [0.15, 0.2) is 5.78 Å². The van der Waals surface area contributed by atoms with E-state index < -0.39 is 5.97 Å². The van der Waals surface area contributed by atoms with Crippen molar-refractivity contribution in [1.29, 1.82) is 0 Å². The van der Waals surface area contributed by atoms with Crippen LogP contribution in [0.3, 0.4) is 0 Å². The molecule has 2 rings (SSSR count). The Balaban J connectivity index is 2.42. The Morgan fingerprint density at radius 1 is 1.44 bits per heavy atom. The number of carboxylic acid groups (broad SMARTS) is 1. The Labute approximate surface area is 105 Å². The molecule has 0 bridgehead atoms. The second-order valence-electron chi connectivity index (χ2n) is 4.66. The quantitative estimate of drug-likeness (QED) is 0.832. The largest absolute Gasteiger partial charge is 0.477 e. The first-order valence-corrected chi connectivity index (χ1v) is 6.03. The van der Waals surface area contributed by atoms with Gasteiger partial charge in [0.05, 0.1) is 12.1 Å². The molecule has 1 heterocycles. The van der Waals surface area contributed by atoms with Crippen molar-refractivity contribution < 1.29 is 19.4 Å². The fourth-order valence-electron chi connectivity index (χ4n) is 2.62. The van der Waals surface area contributed by atoms with E-state index in [1.54, 1.807) is 17.9 Å². The van der Waals surface area contributed by atoms with Crippen LogP contribution >= 0.6 is 0 Å². The number of Topliss-reactive ketones (excluding diaryl/α,β-unsaturated/α-hetero) is 1. The Kier molecular flexibility index (Phi) is 3.52. The number of ketones is 1. The summed E-state index contributed by atoms with van der Waals surface area (Å²) in [6.45, 7) is 1.44. The number of methoxy groups -OCH3 is 1. The molecule has 0 radical (unpaired) electrons. The van der Waals surface area contributed by atoms with Gasteiger partial charge >= 0.3 is 5.97 Å². The smallest absolute Gasteiger partial charge is 0.352 e. The number of aromatic nitrogens is 1. The van der Waals surface area contributed by atoms with Crippen LogP contribution < -0.4 is 0 Å². The molecule has 0 saturated heterocycles. The van der Waals surface area contributed by atoms with Crippen LogP contribution in [0.5, 0.6) is 0 Å². The lowest BCUT2D eigenvalue weighted by atomic mass is 10.2. The summed E-state index contributed by atoms with van der Waals surface area (Å²) in [5.41, 5.74) is 0.600. The van der Waals surface area contributed by atoms with Gasteiger partial charge in [-0.25, -0.2) is 4.79 Å². The zero-order chi connectivity index (χ0) is 13.3. The normalized spacial score (nSPS) is 23.2. The number of aromatic carboxylic acids is 1. The molecule has 0 amide bonds. The van der Waals surface area contributed by atoms with Crippen molar-refractivity contribution in [3.8, 4) is 0 Å². The Bertz CT molecular complexity index is 477. The monoisotopic (exact) mass is 251 g/mol. The average molecular weight is 251 g/mol. The van der Waals surface area contributed by atoms with Gasteiger partial charge in [-0.3, -0.25) is 4.79 Å². The van der Waals surface area contributed by atoms with Crippen LogP contribution in [0.15, 0.2) is 12.3 Å². The molecule has 1 fully saturated rings. The molecule has 2 atom stereocenters.